The van der Waals surface area contributed by atoms with Crippen molar-refractivity contribution < 1.29 is 33.3 Å². The molecule has 0 aliphatic heterocycles. The highest BCUT2D eigenvalue weighted by Gasteiger charge is 2.12. The SMILES string of the molecule is COc1ccc(Oc2ccc(Oc3ccc(C(=O)c4ccc(Oc5ccc(-c6ccc(Oc7ccc(C(=O)c8ccc(C)cc8)cc7)cc6)cc5)cc4)cc3)cc2)cc1. The van der Waals surface area contributed by atoms with Crippen LogP contribution >= 0.6 is 0 Å². The Labute approximate surface area is 342 Å². The summed E-state index contributed by atoms with van der Waals surface area (Å²) in [6, 6.07) is 59.2. The molecule has 0 aromatic heterocycles. The fraction of sp³-hybridized carbons (Fsp3) is 0.0385. The molecule has 0 fully saturated rings. The van der Waals surface area contributed by atoms with Crippen molar-refractivity contribution in [2.24, 2.45) is 0 Å². The van der Waals surface area contributed by atoms with Crippen molar-refractivity contribution in [2.45, 2.75) is 6.92 Å². The third-order valence-corrected chi connectivity index (χ3v) is 9.53. The first-order chi connectivity index (χ1) is 28.8. The molecule has 0 unspecified atom stereocenters. The maximum atomic E-state index is 13.3. The molecule has 0 saturated heterocycles. The second-order valence-electron chi connectivity index (χ2n) is 13.7. The number of methoxy groups -OCH3 is 1. The van der Waals surface area contributed by atoms with E-state index in [-0.39, 0.29) is 11.6 Å². The summed E-state index contributed by atoms with van der Waals surface area (Å²) in [5.74, 6) is 5.90. The van der Waals surface area contributed by atoms with Crippen LogP contribution in [0.15, 0.2) is 194 Å². The minimum Gasteiger partial charge on any atom is -0.497 e. The van der Waals surface area contributed by atoms with E-state index in [0.29, 0.717) is 68.2 Å². The van der Waals surface area contributed by atoms with E-state index >= 15 is 0 Å². The van der Waals surface area contributed by atoms with E-state index in [1.54, 1.807) is 79.9 Å². The Morgan fingerprint density at radius 2 is 0.492 bits per heavy atom. The number of carbonyl (C=O) groups is 2. The molecule has 0 N–H and O–H groups in total. The summed E-state index contributed by atoms with van der Waals surface area (Å²) in [7, 11) is 1.62. The Hall–Kier alpha value is -7.90. The lowest BCUT2D eigenvalue weighted by atomic mass is 10.0. The lowest BCUT2D eigenvalue weighted by Gasteiger charge is -2.10. The molecule has 8 rings (SSSR count). The Morgan fingerprint density at radius 1 is 0.288 bits per heavy atom. The zero-order valence-electron chi connectivity index (χ0n) is 32.3. The van der Waals surface area contributed by atoms with Crippen molar-refractivity contribution in [3.63, 3.8) is 0 Å². The maximum Gasteiger partial charge on any atom is 0.193 e. The molecule has 0 spiro atoms. The predicted octanol–water partition coefficient (Wildman–Crippen LogP) is 13.3. The van der Waals surface area contributed by atoms with Gasteiger partial charge in [0.2, 0.25) is 0 Å². The molecule has 0 radical (unpaired) electrons. The largest absolute Gasteiger partial charge is 0.497 e. The van der Waals surface area contributed by atoms with Crippen LogP contribution in [0.4, 0.5) is 0 Å². The zero-order valence-corrected chi connectivity index (χ0v) is 32.3. The summed E-state index contributed by atoms with van der Waals surface area (Å²) in [5.41, 5.74) is 5.52. The van der Waals surface area contributed by atoms with Gasteiger partial charge >= 0.3 is 0 Å². The molecule has 7 heteroatoms. The number of carbonyl (C=O) groups excluding carboxylic acids is 2. The molecule has 59 heavy (non-hydrogen) atoms. The third kappa shape index (κ3) is 9.56. The molecule has 0 saturated carbocycles. The summed E-state index contributed by atoms with van der Waals surface area (Å²) in [6.07, 6.45) is 0. The lowest BCUT2D eigenvalue weighted by Crippen LogP contribution is -2.01. The van der Waals surface area contributed by atoms with Crippen LogP contribution in [0.5, 0.6) is 51.7 Å². The Bertz CT molecular complexity index is 2650. The molecule has 0 atom stereocenters. The Kier molecular flexibility index (Phi) is 11.3. The van der Waals surface area contributed by atoms with Crippen molar-refractivity contribution in [1.82, 2.24) is 0 Å². The van der Waals surface area contributed by atoms with Gasteiger partial charge in [0.25, 0.3) is 0 Å². The molecule has 8 aromatic rings. The number of ketones is 2. The van der Waals surface area contributed by atoms with Crippen LogP contribution in [0.2, 0.25) is 0 Å². The molecule has 0 heterocycles. The second-order valence-corrected chi connectivity index (χ2v) is 13.7. The highest BCUT2D eigenvalue weighted by molar-refractivity contribution is 6.09. The van der Waals surface area contributed by atoms with Gasteiger partial charge in [-0.05, 0) is 164 Å². The molecule has 0 aliphatic rings. The molecule has 0 aliphatic carbocycles. The first-order valence-electron chi connectivity index (χ1n) is 19.0. The van der Waals surface area contributed by atoms with Gasteiger partial charge < -0.3 is 23.7 Å². The van der Waals surface area contributed by atoms with Gasteiger partial charge in [0.1, 0.15) is 51.7 Å². The van der Waals surface area contributed by atoms with E-state index in [0.717, 1.165) is 22.4 Å². The normalized spacial score (nSPS) is 10.7. The minimum atomic E-state index is -0.104. The van der Waals surface area contributed by atoms with Crippen LogP contribution in [0.25, 0.3) is 11.1 Å². The first-order valence-corrected chi connectivity index (χ1v) is 19.0. The van der Waals surface area contributed by atoms with Gasteiger partial charge in [-0.1, -0.05) is 54.1 Å². The monoisotopic (exact) mass is 774 g/mol. The van der Waals surface area contributed by atoms with E-state index in [9.17, 15) is 9.59 Å². The van der Waals surface area contributed by atoms with Crippen molar-refractivity contribution in [1.29, 1.82) is 0 Å². The number of hydrogen-bond donors (Lipinski definition) is 0. The summed E-state index contributed by atoms with van der Waals surface area (Å²) < 4.78 is 29.2. The zero-order chi connectivity index (χ0) is 40.6. The van der Waals surface area contributed by atoms with Crippen molar-refractivity contribution in [3.8, 4) is 62.9 Å². The van der Waals surface area contributed by atoms with Crippen LogP contribution in [-0.4, -0.2) is 18.7 Å². The predicted molar refractivity (Wildman–Crippen MR) is 229 cm³/mol. The Morgan fingerprint density at radius 3 is 0.746 bits per heavy atom. The quantitative estimate of drug-likeness (QED) is 0.102. The van der Waals surface area contributed by atoms with Crippen molar-refractivity contribution in [2.75, 3.05) is 7.11 Å². The summed E-state index contributed by atoms with van der Waals surface area (Å²) in [4.78, 5) is 26.1. The van der Waals surface area contributed by atoms with Crippen LogP contribution in [0, 0.1) is 6.92 Å². The first kappa shape index (κ1) is 38.0. The highest BCUT2D eigenvalue weighted by atomic mass is 16.5. The number of aryl methyl sites for hydroxylation is 1. The van der Waals surface area contributed by atoms with Gasteiger partial charge in [0.05, 0.1) is 7.11 Å². The second kappa shape index (κ2) is 17.5. The van der Waals surface area contributed by atoms with Crippen LogP contribution in [0.1, 0.15) is 37.4 Å². The van der Waals surface area contributed by atoms with Crippen molar-refractivity contribution >= 4 is 11.6 Å². The minimum absolute atomic E-state index is 0.0226. The fourth-order valence-corrected chi connectivity index (χ4v) is 6.26. The number of rotatable bonds is 14. The van der Waals surface area contributed by atoms with E-state index in [1.807, 2.05) is 128 Å². The molecular formula is C52H38O7. The molecular weight excluding hydrogens is 737 g/mol. The van der Waals surface area contributed by atoms with E-state index in [1.165, 1.54) is 0 Å². The van der Waals surface area contributed by atoms with Gasteiger partial charge in [-0.25, -0.2) is 0 Å². The third-order valence-electron chi connectivity index (χ3n) is 9.53. The van der Waals surface area contributed by atoms with Gasteiger partial charge in [0.15, 0.2) is 11.6 Å². The number of benzene rings is 8. The molecule has 7 nitrogen and oxygen atoms in total. The molecule has 0 bridgehead atoms. The summed E-state index contributed by atoms with van der Waals surface area (Å²) >= 11 is 0. The van der Waals surface area contributed by atoms with Crippen molar-refractivity contribution in [3.05, 3.63) is 222 Å². The molecule has 288 valence electrons. The smallest absolute Gasteiger partial charge is 0.193 e. The van der Waals surface area contributed by atoms with Gasteiger partial charge in [-0.3, -0.25) is 9.59 Å². The van der Waals surface area contributed by atoms with Crippen LogP contribution in [-0.2, 0) is 0 Å². The topological polar surface area (TPSA) is 80.3 Å². The number of hydrogen-bond acceptors (Lipinski definition) is 7. The van der Waals surface area contributed by atoms with Crippen LogP contribution < -0.4 is 23.7 Å². The highest BCUT2D eigenvalue weighted by Crippen LogP contribution is 2.31. The lowest BCUT2D eigenvalue weighted by molar-refractivity contribution is 0.103. The average molecular weight is 775 g/mol. The van der Waals surface area contributed by atoms with E-state index in [4.69, 9.17) is 23.7 Å². The van der Waals surface area contributed by atoms with E-state index < -0.39 is 0 Å². The van der Waals surface area contributed by atoms with Gasteiger partial charge in [0, 0.05) is 22.3 Å². The number of ether oxygens (including phenoxy) is 5. The van der Waals surface area contributed by atoms with Crippen LogP contribution in [0.3, 0.4) is 0 Å². The standard InChI is InChI=1S/C52H38O7/c1-35-3-5-38(6-4-35)51(53)39-11-21-45(22-12-39)56-43-17-7-36(8-18-43)37-9-19-44(20-10-37)57-46-23-13-40(14-24-46)52(54)41-15-25-47(26-16-41)58-49-31-33-50(34-32-49)59-48-29-27-42(55-2)28-30-48/h3-34H,1-2H3. The average Bonchev–Trinajstić information content (AvgIpc) is 3.28. The fourth-order valence-electron chi connectivity index (χ4n) is 6.26. The van der Waals surface area contributed by atoms with E-state index in [2.05, 4.69) is 0 Å². The maximum absolute atomic E-state index is 13.3. The molecule has 0 amide bonds. The summed E-state index contributed by atoms with van der Waals surface area (Å²) in [6.45, 7) is 2.00. The molecule has 8 aromatic carbocycles. The Balaban J connectivity index is 0.812. The van der Waals surface area contributed by atoms with Gasteiger partial charge in [-0.2, -0.15) is 0 Å². The van der Waals surface area contributed by atoms with Gasteiger partial charge in [-0.15, -0.1) is 0 Å². The summed E-state index contributed by atoms with van der Waals surface area (Å²) in [5, 5.41) is 0.